The zero-order chi connectivity index (χ0) is 18.4. The molecule has 2 aromatic heterocycles. The number of aromatic nitrogens is 5. The van der Waals surface area contributed by atoms with Gasteiger partial charge in [-0.05, 0) is 36.8 Å². The molecule has 0 atom stereocenters. The molecule has 0 unspecified atom stereocenters. The van der Waals surface area contributed by atoms with Crippen molar-refractivity contribution in [3.8, 4) is 17.1 Å². The Hall–Kier alpha value is -3.12. The number of nitrogens with zero attached hydrogens (tertiary/aromatic N) is 5. The first-order valence-corrected chi connectivity index (χ1v) is 9.02. The van der Waals surface area contributed by atoms with Crippen molar-refractivity contribution in [3.63, 3.8) is 0 Å². The van der Waals surface area contributed by atoms with Crippen LogP contribution in [-0.4, -0.2) is 24.5 Å². The molecule has 134 valence electrons. The van der Waals surface area contributed by atoms with E-state index in [1.807, 2.05) is 60.4 Å². The van der Waals surface area contributed by atoms with E-state index in [1.165, 1.54) is 0 Å². The van der Waals surface area contributed by atoms with Gasteiger partial charge < -0.3 is 9.30 Å². The van der Waals surface area contributed by atoms with Gasteiger partial charge in [-0.1, -0.05) is 35.0 Å². The number of imidazole rings is 1. The number of rotatable bonds is 3. The number of benzene rings is 2. The monoisotopic (exact) mass is 377 g/mol. The van der Waals surface area contributed by atoms with Gasteiger partial charge in [0.05, 0.1) is 41.0 Å². The second kappa shape index (κ2) is 6.25. The van der Waals surface area contributed by atoms with Gasteiger partial charge in [-0.15, -0.1) is 5.10 Å². The minimum absolute atomic E-state index is 0.400. The number of hydrogen-bond acceptors (Lipinski definition) is 4. The van der Waals surface area contributed by atoms with Crippen molar-refractivity contribution in [1.29, 1.82) is 0 Å². The highest BCUT2D eigenvalue weighted by Gasteiger charge is 2.23. The van der Waals surface area contributed by atoms with Crippen LogP contribution in [0.25, 0.3) is 11.4 Å². The van der Waals surface area contributed by atoms with Gasteiger partial charge in [0.2, 0.25) is 0 Å². The summed E-state index contributed by atoms with van der Waals surface area (Å²) in [5.41, 5.74) is 5.90. The van der Waals surface area contributed by atoms with Crippen LogP contribution in [0.15, 0.2) is 55.0 Å². The van der Waals surface area contributed by atoms with Crippen LogP contribution in [0.3, 0.4) is 0 Å². The van der Waals surface area contributed by atoms with Crippen molar-refractivity contribution in [2.24, 2.45) is 0 Å². The second-order valence-electron chi connectivity index (χ2n) is 6.51. The van der Waals surface area contributed by atoms with E-state index in [9.17, 15) is 0 Å². The smallest absolute Gasteiger partial charge is 0.132 e. The maximum absolute atomic E-state index is 6.22. The molecule has 0 aliphatic carbocycles. The summed E-state index contributed by atoms with van der Waals surface area (Å²) in [5.74, 6) is 0.867. The lowest BCUT2D eigenvalue weighted by Gasteiger charge is -2.11. The van der Waals surface area contributed by atoms with Crippen LogP contribution in [0, 0.1) is 6.92 Å². The van der Waals surface area contributed by atoms with E-state index in [2.05, 4.69) is 19.9 Å². The van der Waals surface area contributed by atoms with Crippen LogP contribution in [0.2, 0.25) is 5.02 Å². The molecule has 0 radical (unpaired) electrons. The van der Waals surface area contributed by atoms with Crippen molar-refractivity contribution in [2.45, 2.75) is 20.0 Å². The summed E-state index contributed by atoms with van der Waals surface area (Å²) < 4.78 is 9.94. The molecule has 3 heterocycles. The van der Waals surface area contributed by atoms with E-state index in [-0.39, 0.29) is 0 Å². The minimum Gasteiger partial charge on any atom is -0.487 e. The first-order valence-electron chi connectivity index (χ1n) is 8.64. The molecule has 0 spiro atoms. The summed E-state index contributed by atoms with van der Waals surface area (Å²) in [6, 6.07) is 13.7. The van der Waals surface area contributed by atoms with E-state index in [1.54, 1.807) is 6.20 Å². The van der Waals surface area contributed by atoms with Gasteiger partial charge in [0.1, 0.15) is 12.4 Å². The van der Waals surface area contributed by atoms with Crippen molar-refractivity contribution >= 4 is 11.6 Å². The van der Waals surface area contributed by atoms with Crippen LogP contribution in [-0.2, 0) is 13.0 Å². The number of hydrogen-bond donors (Lipinski definition) is 0. The highest BCUT2D eigenvalue weighted by atomic mass is 35.5. The summed E-state index contributed by atoms with van der Waals surface area (Å²) in [6.45, 7) is 2.44. The highest BCUT2D eigenvalue weighted by molar-refractivity contribution is 6.30. The molecule has 7 heteroatoms. The van der Waals surface area contributed by atoms with Gasteiger partial charge >= 0.3 is 0 Å². The molecule has 2 aromatic carbocycles. The predicted molar refractivity (Wildman–Crippen MR) is 102 cm³/mol. The minimum atomic E-state index is 0.400. The number of halogens is 1. The lowest BCUT2D eigenvalue weighted by Crippen LogP contribution is -2.04. The summed E-state index contributed by atoms with van der Waals surface area (Å²) in [7, 11) is 0. The van der Waals surface area contributed by atoms with Crippen LogP contribution in [0.1, 0.15) is 22.6 Å². The van der Waals surface area contributed by atoms with Crippen molar-refractivity contribution in [3.05, 3.63) is 82.7 Å². The number of fused-ring (bicyclic) bond motifs is 5. The van der Waals surface area contributed by atoms with Gasteiger partial charge in [0, 0.05) is 11.4 Å². The highest BCUT2D eigenvalue weighted by Crippen LogP contribution is 2.31. The average molecular weight is 378 g/mol. The Morgan fingerprint density at radius 2 is 2.04 bits per heavy atom. The quantitative estimate of drug-likeness (QED) is 0.478. The Bertz CT molecular complexity index is 1150. The Balaban J connectivity index is 1.57. The van der Waals surface area contributed by atoms with E-state index < -0.39 is 0 Å². The van der Waals surface area contributed by atoms with E-state index in [4.69, 9.17) is 16.3 Å². The lowest BCUT2D eigenvalue weighted by atomic mass is 10.2. The molecule has 0 fully saturated rings. The Labute approximate surface area is 161 Å². The molecule has 0 amide bonds. The first-order chi connectivity index (χ1) is 13.2. The molecule has 27 heavy (non-hydrogen) atoms. The van der Waals surface area contributed by atoms with Crippen molar-refractivity contribution in [1.82, 2.24) is 24.5 Å². The lowest BCUT2D eigenvalue weighted by molar-refractivity contribution is 0.298. The molecule has 1 aliphatic rings. The number of aryl methyl sites for hydroxylation is 1. The van der Waals surface area contributed by atoms with Crippen LogP contribution < -0.4 is 4.74 Å². The molecule has 5 rings (SSSR count). The Morgan fingerprint density at radius 3 is 2.93 bits per heavy atom. The molecular formula is C20H16ClN5O. The van der Waals surface area contributed by atoms with E-state index in [0.717, 1.165) is 39.8 Å². The molecule has 0 saturated heterocycles. The first kappa shape index (κ1) is 16.1. The summed E-state index contributed by atoms with van der Waals surface area (Å²) in [6.07, 6.45) is 4.27. The van der Waals surface area contributed by atoms with Crippen molar-refractivity contribution in [2.75, 3.05) is 0 Å². The molecule has 4 aromatic rings. The normalized spacial score (nSPS) is 12.1. The van der Waals surface area contributed by atoms with Crippen molar-refractivity contribution < 1.29 is 4.74 Å². The standard InChI is InChI=1S/C20H16ClN5O/c1-13-4-2-3-5-20(13)27-11-16-18-9-15-10-23-24-26(15)19-8-14(21)6-7-17(19)25(18)12-22-16/h2-8,10,12H,9,11H2,1H3. The number of para-hydroxylation sites is 1. The number of ether oxygens (including phenoxy) is 1. The predicted octanol–water partition coefficient (Wildman–Crippen LogP) is 3.90. The van der Waals surface area contributed by atoms with E-state index >= 15 is 0 Å². The Morgan fingerprint density at radius 1 is 1.15 bits per heavy atom. The third-order valence-corrected chi connectivity index (χ3v) is 5.04. The zero-order valence-electron chi connectivity index (χ0n) is 14.6. The maximum Gasteiger partial charge on any atom is 0.132 e. The second-order valence-corrected chi connectivity index (χ2v) is 6.95. The van der Waals surface area contributed by atoms with Gasteiger partial charge in [0.25, 0.3) is 0 Å². The molecular weight excluding hydrogens is 362 g/mol. The fraction of sp³-hybridized carbons (Fsp3) is 0.150. The molecule has 1 aliphatic heterocycles. The van der Waals surface area contributed by atoms with E-state index in [0.29, 0.717) is 18.1 Å². The molecule has 0 N–H and O–H groups in total. The van der Waals surface area contributed by atoms with Crippen LogP contribution in [0.5, 0.6) is 5.75 Å². The van der Waals surface area contributed by atoms with Crippen LogP contribution in [0.4, 0.5) is 0 Å². The average Bonchev–Trinajstić information content (AvgIpc) is 3.26. The summed E-state index contributed by atoms with van der Waals surface area (Å²) >= 11 is 6.22. The largest absolute Gasteiger partial charge is 0.487 e. The molecule has 0 saturated carbocycles. The van der Waals surface area contributed by atoms with Gasteiger partial charge in [-0.2, -0.15) is 0 Å². The van der Waals surface area contributed by atoms with Gasteiger partial charge in [-0.25, -0.2) is 9.67 Å². The zero-order valence-corrected chi connectivity index (χ0v) is 15.4. The SMILES string of the molecule is Cc1ccccc1OCc1ncn2c1Cc1cnnn1-c1cc(Cl)ccc1-2. The molecule has 6 nitrogen and oxygen atoms in total. The van der Waals surface area contributed by atoms with Crippen LogP contribution >= 0.6 is 11.6 Å². The fourth-order valence-corrected chi connectivity index (χ4v) is 3.58. The fourth-order valence-electron chi connectivity index (χ4n) is 3.41. The molecule has 0 bridgehead atoms. The van der Waals surface area contributed by atoms with Gasteiger partial charge in [-0.3, -0.25) is 0 Å². The Kier molecular flexibility index (Phi) is 3.72. The maximum atomic E-state index is 6.22. The third-order valence-electron chi connectivity index (χ3n) is 4.80. The topological polar surface area (TPSA) is 57.8 Å². The summed E-state index contributed by atoms with van der Waals surface area (Å²) in [5, 5.41) is 8.97. The third kappa shape index (κ3) is 2.69. The van der Waals surface area contributed by atoms with Gasteiger partial charge in [0.15, 0.2) is 0 Å². The summed E-state index contributed by atoms with van der Waals surface area (Å²) in [4.78, 5) is 4.62.